The third-order valence-electron chi connectivity index (χ3n) is 7.71. The van der Waals surface area contributed by atoms with Gasteiger partial charge in [0.2, 0.25) is 0 Å². The van der Waals surface area contributed by atoms with Gasteiger partial charge in [-0.15, -0.1) is 0 Å². The maximum Gasteiger partial charge on any atom is 0.309 e. The Morgan fingerprint density at radius 2 is 1.93 bits per heavy atom. The Labute approximate surface area is 175 Å². The van der Waals surface area contributed by atoms with E-state index < -0.39 is 49.0 Å². The van der Waals surface area contributed by atoms with Crippen molar-refractivity contribution in [3.05, 3.63) is 12.2 Å². The monoisotopic (exact) mass is 428 g/mol. The first-order valence-corrected chi connectivity index (χ1v) is 10.6. The summed E-state index contributed by atoms with van der Waals surface area (Å²) in [7, 11) is 0. The minimum Gasteiger partial charge on any atom is -0.461 e. The standard InChI is InChI=1S/C21H32O9/c1-8-10-4-5-21(3,27)11-6-12(9(2)14(11)18(10)30-19(8)26)28-20-17(25)16(24)15(23)13(7-22)29-20/h8,10-18,20,22-25,27H,2,4-7H2,1,3H3. The van der Waals surface area contributed by atoms with E-state index in [0.717, 1.165) is 0 Å². The van der Waals surface area contributed by atoms with Gasteiger partial charge in [0.15, 0.2) is 6.29 Å². The lowest BCUT2D eigenvalue weighted by molar-refractivity contribution is -0.308. The Bertz CT molecular complexity index is 692. The highest BCUT2D eigenvalue weighted by Gasteiger charge is 2.59. The van der Waals surface area contributed by atoms with Crippen LogP contribution >= 0.6 is 0 Å². The van der Waals surface area contributed by atoms with Gasteiger partial charge < -0.3 is 39.7 Å². The number of hydrogen-bond acceptors (Lipinski definition) is 9. The van der Waals surface area contributed by atoms with Gasteiger partial charge in [-0.3, -0.25) is 4.79 Å². The maximum atomic E-state index is 12.2. The zero-order valence-electron chi connectivity index (χ0n) is 17.3. The lowest BCUT2D eigenvalue weighted by Crippen LogP contribution is -2.59. The van der Waals surface area contributed by atoms with Crippen LogP contribution in [0.15, 0.2) is 12.2 Å². The van der Waals surface area contributed by atoms with Gasteiger partial charge in [0, 0.05) is 17.8 Å². The topological polar surface area (TPSA) is 146 Å². The molecule has 12 unspecified atom stereocenters. The Kier molecular flexibility index (Phi) is 5.76. The molecule has 5 N–H and O–H groups in total. The molecule has 12 atom stereocenters. The number of aliphatic hydroxyl groups excluding tert-OH is 4. The minimum atomic E-state index is -1.54. The van der Waals surface area contributed by atoms with Crippen molar-refractivity contribution in [2.24, 2.45) is 23.7 Å². The molecule has 0 spiro atoms. The van der Waals surface area contributed by atoms with Crippen LogP contribution < -0.4 is 0 Å². The van der Waals surface area contributed by atoms with E-state index in [-0.39, 0.29) is 35.7 Å². The average Bonchev–Trinajstić information content (AvgIpc) is 3.13. The molecule has 9 nitrogen and oxygen atoms in total. The van der Waals surface area contributed by atoms with Gasteiger partial charge in [-0.1, -0.05) is 13.5 Å². The van der Waals surface area contributed by atoms with E-state index in [4.69, 9.17) is 14.2 Å². The number of esters is 1. The minimum absolute atomic E-state index is 0.0123. The highest BCUT2D eigenvalue weighted by molar-refractivity contribution is 5.75. The van der Waals surface area contributed by atoms with E-state index in [9.17, 15) is 30.3 Å². The molecule has 2 heterocycles. The molecule has 0 aromatic heterocycles. The zero-order chi connectivity index (χ0) is 22.0. The number of aliphatic hydroxyl groups is 5. The van der Waals surface area contributed by atoms with Crippen molar-refractivity contribution in [3.8, 4) is 0 Å². The molecule has 4 rings (SSSR count). The highest BCUT2D eigenvalue weighted by atomic mass is 16.7. The first-order chi connectivity index (χ1) is 14.1. The summed E-state index contributed by atoms with van der Waals surface area (Å²) in [5, 5.41) is 50.8. The molecule has 2 aliphatic carbocycles. The summed E-state index contributed by atoms with van der Waals surface area (Å²) in [6.45, 7) is 7.26. The molecule has 2 saturated heterocycles. The first kappa shape index (κ1) is 22.1. The molecule has 170 valence electrons. The van der Waals surface area contributed by atoms with Crippen molar-refractivity contribution in [3.63, 3.8) is 0 Å². The van der Waals surface area contributed by atoms with Crippen LogP contribution in [-0.2, 0) is 19.0 Å². The molecule has 0 aromatic carbocycles. The fourth-order valence-electron chi connectivity index (χ4n) is 5.75. The summed E-state index contributed by atoms with van der Waals surface area (Å²) in [4.78, 5) is 12.2. The number of rotatable bonds is 3. The molecule has 0 bridgehead atoms. The molecule has 30 heavy (non-hydrogen) atoms. The second-order valence-corrected chi connectivity index (χ2v) is 9.51. The number of carbonyl (C=O) groups is 1. The van der Waals surface area contributed by atoms with E-state index in [2.05, 4.69) is 6.58 Å². The molecule has 0 aromatic rings. The second kappa shape index (κ2) is 7.81. The second-order valence-electron chi connectivity index (χ2n) is 9.51. The van der Waals surface area contributed by atoms with Gasteiger partial charge in [0.05, 0.1) is 24.2 Å². The predicted molar refractivity (Wildman–Crippen MR) is 102 cm³/mol. The van der Waals surface area contributed by atoms with E-state index in [0.29, 0.717) is 24.8 Å². The van der Waals surface area contributed by atoms with Crippen molar-refractivity contribution in [1.29, 1.82) is 0 Å². The molecule has 9 heteroatoms. The lowest BCUT2D eigenvalue weighted by Gasteiger charge is -2.40. The SMILES string of the molecule is C=C1C(OC2OC(CO)C(O)C(O)C2O)CC2C1C1OC(=O)C(C)C1CCC2(C)O. The van der Waals surface area contributed by atoms with Gasteiger partial charge in [-0.25, -0.2) is 0 Å². The third kappa shape index (κ3) is 3.40. The van der Waals surface area contributed by atoms with Gasteiger partial charge in [-0.05, 0) is 31.8 Å². The lowest BCUT2D eigenvalue weighted by atomic mass is 9.77. The van der Waals surface area contributed by atoms with E-state index in [1.807, 2.05) is 6.92 Å². The molecule has 4 fully saturated rings. The van der Waals surface area contributed by atoms with Gasteiger partial charge in [-0.2, -0.15) is 0 Å². The Morgan fingerprint density at radius 1 is 1.23 bits per heavy atom. The van der Waals surface area contributed by atoms with Crippen molar-refractivity contribution < 1.29 is 44.5 Å². The van der Waals surface area contributed by atoms with Crippen molar-refractivity contribution in [1.82, 2.24) is 0 Å². The Morgan fingerprint density at radius 3 is 2.60 bits per heavy atom. The smallest absolute Gasteiger partial charge is 0.309 e. The predicted octanol–water partition coefficient (Wildman–Crippen LogP) is -0.914. The van der Waals surface area contributed by atoms with Gasteiger partial charge in [0.25, 0.3) is 0 Å². The van der Waals surface area contributed by atoms with Crippen LogP contribution in [0.2, 0.25) is 0 Å². The van der Waals surface area contributed by atoms with Crippen LogP contribution in [0.3, 0.4) is 0 Å². The van der Waals surface area contributed by atoms with E-state index in [1.165, 1.54) is 0 Å². The Balaban J connectivity index is 1.56. The summed E-state index contributed by atoms with van der Waals surface area (Å²) in [6, 6.07) is 0. The molecule has 2 aliphatic heterocycles. The number of ether oxygens (including phenoxy) is 3. The van der Waals surface area contributed by atoms with E-state index in [1.54, 1.807) is 6.92 Å². The van der Waals surface area contributed by atoms with Crippen LogP contribution in [0.25, 0.3) is 0 Å². The zero-order valence-corrected chi connectivity index (χ0v) is 17.3. The van der Waals surface area contributed by atoms with Crippen molar-refractivity contribution in [2.75, 3.05) is 6.61 Å². The summed E-state index contributed by atoms with van der Waals surface area (Å²) in [5.41, 5.74) is -0.353. The van der Waals surface area contributed by atoms with Gasteiger partial charge >= 0.3 is 5.97 Å². The van der Waals surface area contributed by atoms with E-state index >= 15 is 0 Å². The van der Waals surface area contributed by atoms with Crippen LogP contribution in [0, 0.1) is 23.7 Å². The van der Waals surface area contributed by atoms with Crippen molar-refractivity contribution in [2.45, 2.75) is 81.6 Å². The van der Waals surface area contributed by atoms with Crippen LogP contribution in [0.5, 0.6) is 0 Å². The molecule has 4 aliphatic rings. The number of carbonyl (C=O) groups excluding carboxylic acids is 1. The largest absolute Gasteiger partial charge is 0.461 e. The molecule has 0 radical (unpaired) electrons. The normalized spacial score (nSPS) is 53.8. The fourth-order valence-corrected chi connectivity index (χ4v) is 5.75. The van der Waals surface area contributed by atoms with Crippen molar-refractivity contribution >= 4 is 5.97 Å². The molecular formula is C21H32O9. The molecule has 2 saturated carbocycles. The summed E-state index contributed by atoms with van der Waals surface area (Å²) in [6.07, 6.45) is -6.27. The highest BCUT2D eigenvalue weighted by Crippen LogP contribution is 2.54. The number of hydrogen-bond donors (Lipinski definition) is 5. The van der Waals surface area contributed by atoms with Crippen LogP contribution in [0.4, 0.5) is 0 Å². The number of fused-ring (bicyclic) bond motifs is 3. The molecule has 0 amide bonds. The quantitative estimate of drug-likeness (QED) is 0.285. The van der Waals surface area contributed by atoms with Gasteiger partial charge in [0.1, 0.15) is 30.5 Å². The average molecular weight is 428 g/mol. The summed E-state index contributed by atoms with van der Waals surface area (Å²) < 4.78 is 17.1. The third-order valence-corrected chi connectivity index (χ3v) is 7.71. The summed E-state index contributed by atoms with van der Waals surface area (Å²) >= 11 is 0. The Hall–Kier alpha value is -1.07. The molecular weight excluding hydrogens is 396 g/mol. The fraction of sp³-hybridized carbons (Fsp3) is 0.857. The maximum absolute atomic E-state index is 12.2. The van der Waals surface area contributed by atoms with Crippen LogP contribution in [-0.4, -0.2) is 86.6 Å². The summed E-state index contributed by atoms with van der Waals surface area (Å²) in [5.74, 6) is -1.05. The first-order valence-electron chi connectivity index (χ1n) is 10.6. The van der Waals surface area contributed by atoms with Crippen LogP contribution in [0.1, 0.15) is 33.1 Å².